The SMILES string of the molecule is CC.CC.CC.CC.CC/C(C)=C/C=C/C=C/CC[C@@H](C)C(=O)CC(O)/C(C)=C/CC(C)=O.CCCOC(=O)[C@@H]1CCCCN1C(=O)C(=O)[C@]1(O)OCCC[C@H]1C. The van der Waals surface area contributed by atoms with Crippen LogP contribution in [0.4, 0.5) is 0 Å². The Labute approximate surface area is 348 Å². The number of hydrogen-bond donors (Lipinski definition) is 2. The van der Waals surface area contributed by atoms with Gasteiger partial charge in [0.25, 0.3) is 11.7 Å². The molecule has 0 saturated carbocycles. The van der Waals surface area contributed by atoms with Gasteiger partial charge in [-0.1, -0.05) is 125 Å². The predicted octanol–water partition coefficient (Wildman–Crippen LogP) is 10.2. The molecule has 57 heavy (non-hydrogen) atoms. The van der Waals surface area contributed by atoms with E-state index in [-0.39, 0.29) is 37.1 Å². The van der Waals surface area contributed by atoms with E-state index in [4.69, 9.17) is 9.47 Å². The molecule has 0 aromatic heterocycles. The van der Waals surface area contributed by atoms with Crippen LogP contribution in [0.15, 0.2) is 47.6 Å². The molecule has 0 spiro atoms. The van der Waals surface area contributed by atoms with Crippen molar-refractivity contribution in [2.24, 2.45) is 11.8 Å². The molecule has 10 heteroatoms. The fraction of sp³-hybridized carbons (Fsp3) is 0.723. The second kappa shape index (κ2) is 38.3. The van der Waals surface area contributed by atoms with Crippen LogP contribution in [-0.2, 0) is 33.4 Å². The first-order valence-corrected chi connectivity index (χ1v) is 21.9. The zero-order valence-corrected chi connectivity index (χ0v) is 38.9. The minimum atomic E-state index is -2.09. The van der Waals surface area contributed by atoms with E-state index >= 15 is 0 Å². The molecule has 2 rings (SSSR count). The Balaban J connectivity index is -0.000000419. The van der Waals surface area contributed by atoms with E-state index < -0.39 is 41.5 Å². The lowest BCUT2D eigenvalue weighted by atomic mass is 9.88. The van der Waals surface area contributed by atoms with Gasteiger partial charge in [0.1, 0.15) is 17.6 Å². The van der Waals surface area contributed by atoms with E-state index in [1.54, 1.807) is 19.9 Å². The van der Waals surface area contributed by atoms with Crippen molar-refractivity contribution in [3.05, 3.63) is 47.6 Å². The van der Waals surface area contributed by atoms with Crippen LogP contribution in [0.25, 0.3) is 0 Å². The first kappa shape index (κ1) is 60.5. The normalized spacial score (nSPS) is 20.3. The summed E-state index contributed by atoms with van der Waals surface area (Å²) in [6.07, 6.45) is 18.2. The third-order valence-corrected chi connectivity index (χ3v) is 9.02. The van der Waals surface area contributed by atoms with E-state index in [1.165, 1.54) is 17.4 Å². The molecule has 332 valence electrons. The van der Waals surface area contributed by atoms with Gasteiger partial charge in [-0.05, 0) is 84.1 Å². The molecule has 2 aliphatic rings. The van der Waals surface area contributed by atoms with Crippen molar-refractivity contribution >= 4 is 29.2 Å². The quantitative estimate of drug-likeness (QED) is 0.0634. The summed E-state index contributed by atoms with van der Waals surface area (Å²) in [5, 5.41) is 20.6. The van der Waals surface area contributed by atoms with Crippen molar-refractivity contribution in [1.82, 2.24) is 4.90 Å². The van der Waals surface area contributed by atoms with Crippen molar-refractivity contribution in [1.29, 1.82) is 0 Å². The van der Waals surface area contributed by atoms with Gasteiger partial charge >= 0.3 is 5.97 Å². The summed E-state index contributed by atoms with van der Waals surface area (Å²) >= 11 is 0. The van der Waals surface area contributed by atoms with Crippen LogP contribution in [0.5, 0.6) is 0 Å². The van der Waals surface area contributed by atoms with Crippen LogP contribution in [0, 0.1) is 11.8 Å². The lowest BCUT2D eigenvalue weighted by Gasteiger charge is -2.39. The van der Waals surface area contributed by atoms with Gasteiger partial charge in [0.05, 0.1) is 19.3 Å². The molecule has 2 saturated heterocycles. The fourth-order valence-corrected chi connectivity index (χ4v) is 5.32. The number of aliphatic hydroxyl groups is 2. The van der Waals surface area contributed by atoms with Gasteiger partial charge in [-0.2, -0.15) is 0 Å². The first-order chi connectivity index (χ1) is 27.2. The zero-order valence-electron chi connectivity index (χ0n) is 38.9. The number of nitrogens with zero attached hydrogens (tertiary/aromatic N) is 1. The Bertz CT molecular complexity index is 1220. The van der Waals surface area contributed by atoms with E-state index in [1.807, 2.05) is 87.5 Å². The van der Waals surface area contributed by atoms with Gasteiger partial charge in [-0.3, -0.25) is 19.2 Å². The molecule has 0 aromatic rings. The third kappa shape index (κ3) is 25.7. The molecule has 2 heterocycles. The molecular formula is C47H85NO9. The molecular weight excluding hydrogens is 723 g/mol. The number of esters is 1. The molecule has 2 N–H and O–H groups in total. The van der Waals surface area contributed by atoms with Crippen LogP contribution < -0.4 is 0 Å². The Morgan fingerprint density at radius 2 is 1.51 bits per heavy atom. The fourth-order valence-electron chi connectivity index (χ4n) is 5.32. The van der Waals surface area contributed by atoms with E-state index in [9.17, 15) is 34.2 Å². The van der Waals surface area contributed by atoms with Crippen LogP contribution >= 0.6 is 0 Å². The van der Waals surface area contributed by atoms with Crippen LogP contribution in [0.1, 0.15) is 174 Å². The number of likely N-dealkylation sites (tertiary alicyclic amines) is 1. The van der Waals surface area contributed by atoms with Gasteiger partial charge < -0.3 is 24.6 Å². The second-order valence-electron chi connectivity index (χ2n) is 13.3. The summed E-state index contributed by atoms with van der Waals surface area (Å²) in [4.78, 5) is 61.8. The predicted molar refractivity (Wildman–Crippen MR) is 236 cm³/mol. The van der Waals surface area contributed by atoms with Crippen molar-refractivity contribution < 1.29 is 43.7 Å². The topological polar surface area (TPSA) is 148 Å². The van der Waals surface area contributed by atoms with Crippen molar-refractivity contribution in [2.75, 3.05) is 19.8 Å². The molecule has 5 atom stereocenters. The van der Waals surface area contributed by atoms with Crippen molar-refractivity contribution in [2.45, 2.75) is 192 Å². The average Bonchev–Trinajstić information content (AvgIpc) is 3.24. The number of Topliss-reactive ketones (excluding diaryl/α,β-unsaturated/α-hetero) is 3. The molecule has 10 nitrogen and oxygen atoms in total. The smallest absolute Gasteiger partial charge is 0.328 e. The highest BCUT2D eigenvalue weighted by Gasteiger charge is 2.50. The summed E-state index contributed by atoms with van der Waals surface area (Å²) < 4.78 is 10.4. The number of carbonyl (C=O) groups excluding carboxylic acids is 5. The lowest BCUT2D eigenvalue weighted by Crippen LogP contribution is -2.59. The Hall–Kier alpha value is -3.21. The van der Waals surface area contributed by atoms with Gasteiger partial charge in [-0.15, -0.1) is 0 Å². The lowest BCUT2D eigenvalue weighted by molar-refractivity contribution is -0.240. The Morgan fingerprint density at radius 3 is 2.05 bits per heavy atom. The van der Waals surface area contributed by atoms with Gasteiger partial charge in [0, 0.05) is 31.2 Å². The maximum atomic E-state index is 12.7. The van der Waals surface area contributed by atoms with E-state index in [0.29, 0.717) is 44.2 Å². The maximum Gasteiger partial charge on any atom is 0.328 e. The number of allylic oxidation sites excluding steroid dienone is 7. The largest absolute Gasteiger partial charge is 0.464 e. The van der Waals surface area contributed by atoms with Crippen LogP contribution in [-0.4, -0.2) is 82.0 Å². The second-order valence-corrected chi connectivity index (χ2v) is 13.3. The molecule has 0 bridgehead atoms. The molecule has 0 aromatic carbocycles. The molecule has 2 aliphatic heterocycles. The number of ether oxygens (including phenoxy) is 2. The highest BCUT2D eigenvalue weighted by atomic mass is 16.6. The summed E-state index contributed by atoms with van der Waals surface area (Å²) in [5.41, 5.74) is 2.03. The van der Waals surface area contributed by atoms with Crippen LogP contribution in [0.2, 0.25) is 0 Å². The summed E-state index contributed by atoms with van der Waals surface area (Å²) in [6.45, 7) is 29.8. The first-order valence-electron chi connectivity index (χ1n) is 21.9. The molecule has 0 aliphatic carbocycles. The Morgan fingerprint density at radius 1 is 0.895 bits per heavy atom. The number of aliphatic hydroxyl groups excluding tert-OH is 1. The van der Waals surface area contributed by atoms with Gasteiger partial charge in [0.15, 0.2) is 0 Å². The van der Waals surface area contributed by atoms with Crippen molar-refractivity contribution in [3.63, 3.8) is 0 Å². The average molecular weight is 808 g/mol. The van der Waals surface area contributed by atoms with Crippen molar-refractivity contribution in [3.8, 4) is 0 Å². The van der Waals surface area contributed by atoms with Gasteiger partial charge in [-0.25, -0.2) is 4.79 Å². The monoisotopic (exact) mass is 808 g/mol. The molecule has 0 radical (unpaired) electrons. The van der Waals surface area contributed by atoms with Crippen LogP contribution in [0.3, 0.4) is 0 Å². The minimum Gasteiger partial charge on any atom is -0.464 e. The Kier molecular flexibility index (Phi) is 40.6. The molecule has 2 fully saturated rings. The number of piperidine rings is 1. The minimum absolute atomic E-state index is 0.0485. The summed E-state index contributed by atoms with van der Waals surface area (Å²) in [5.74, 6) is -4.84. The summed E-state index contributed by atoms with van der Waals surface area (Å²) in [7, 11) is 0. The number of ketones is 3. The molecule has 1 amide bonds. The number of rotatable bonds is 17. The number of amides is 1. The molecule has 1 unspecified atom stereocenters. The number of carbonyl (C=O) groups is 5. The highest BCUT2D eigenvalue weighted by molar-refractivity contribution is 6.39. The van der Waals surface area contributed by atoms with E-state index in [0.717, 1.165) is 32.1 Å². The van der Waals surface area contributed by atoms with E-state index in [2.05, 4.69) is 26.0 Å². The number of hydrogen-bond acceptors (Lipinski definition) is 9. The zero-order chi connectivity index (χ0) is 45.0. The summed E-state index contributed by atoms with van der Waals surface area (Å²) in [6, 6.07) is -0.760. The maximum absolute atomic E-state index is 12.7. The highest BCUT2D eigenvalue weighted by Crippen LogP contribution is 2.31. The third-order valence-electron chi connectivity index (χ3n) is 9.02. The standard InChI is InChI=1S/C22H34O3.C17H27NO6.4C2H6/c1-6-17(2)12-10-8-7-9-11-13-18(3)21(24)16-22(25)19(4)14-15-20(5)23;1-3-10-23-16(21)13-8-4-5-9-18(13)15(20)14(19)17(22)12(2)7-6-11-24-17;4*1-2/h7-10,12,14,18,22,25H,6,11,13,15-16H2,1-5H3;12-13,22H,3-11H2,1-2H3;4*1-2H3/b9-7+,10-8+,17-12+,19-14+;;;;;/t18-,22?;12-,13+,17-;;;;/m11..../s1. The van der Waals surface area contributed by atoms with Gasteiger partial charge in [0.2, 0.25) is 5.79 Å².